The highest BCUT2D eigenvalue weighted by molar-refractivity contribution is 7.99. The molecule has 0 fully saturated rings. The molecule has 0 atom stereocenters. The molecule has 0 saturated heterocycles. The molecule has 0 saturated carbocycles. The lowest BCUT2D eigenvalue weighted by atomic mass is 10.0. The van der Waals surface area contributed by atoms with Crippen molar-refractivity contribution in [3.8, 4) is 0 Å². The predicted octanol–water partition coefficient (Wildman–Crippen LogP) is 3.89. The zero-order valence-corrected chi connectivity index (χ0v) is 15.6. The Bertz CT molecular complexity index is 676. The maximum absolute atomic E-state index is 12.2. The fourth-order valence-electron chi connectivity index (χ4n) is 2.83. The topological polar surface area (TPSA) is 54.9 Å². The number of rotatable bonds is 7. The number of hydrogen-bond donors (Lipinski definition) is 1. The lowest BCUT2D eigenvalue weighted by Gasteiger charge is -2.06. The second kappa shape index (κ2) is 8.62. The third-order valence-electron chi connectivity index (χ3n) is 4.03. The highest BCUT2D eigenvalue weighted by atomic mass is 32.2. The summed E-state index contributed by atoms with van der Waals surface area (Å²) in [6.07, 6.45) is 8.50. The maximum atomic E-state index is 12.2. The van der Waals surface area contributed by atoms with Gasteiger partial charge in [-0.2, -0.15) is 0 Å². The van der Waals surface area contributed by atoms with E-state index in [1.54, 1.807) is 24.0 Å². The van der Waals surface area contributed by atoms with Gasteiger partial charge in [-0.25, -0.2) is 9.97 Å². The summed E-state index contributed by atoms with van der Waals surface area (Å²) in [6, 6.07) is 3.63. The Hall–Kier alpha value is -1.40. The number of thiazole rings is 1. The van der Waals surface area contributed by atoms with Gasteiger partial charge in [0, 0.05) is 29.6 Å². The number of carbonyl (C=O) groups is 1. The number of carbonyl (C=O) groups excluding carboxylic acids is 1. The number of fused-ring (bicyclic) bond motifs is 1. The van der Waals surface area contributed by atoms with Crippen molar-refractivity contribution >= 4 is 29.0 Å². The molecule has 2 aromatic rings. The van der Waals surface area contributed by atoms with Crippen LogP contribution in [0.25, 0.3) is 0 Å². The molecule has 1 aliphatic carbocycles. The van der Waals surface area contributed by atoms with E-state index in [0.29, 0.717) is 12.1 Å². The van der Waals surface area contributed by atoms with E-state index in [1.807, 2.05) is 17.4 Å². The molecule has 24 heavy (non-hydrogen) atoms. The standard InChI is InChI=1S/C18H23N3OS2/c1-2-23-17-12-13(9-11-19-17)18(22)20-10-5-8-16-21-14-6-3-4-7-15(14)24-16/h9,11-12H,2-8,10H2,1H3,(H,20,22). The average Bonchev–Trinajstić information content (AvgIpc) is 3.02. The summed E-state index contributed by atoms with van der Waals surface area (Å²) in [4.78, 5) is 22.7. The van der Waals surface area contributed by atoms with Gasteiger partial charge in [0.05, 0.1) is 15.7 Å². The van der Waals surface area contributed by atoms with Crippen molar-refractivity contribution in [1.82, 2.24) is 15.3 Å². The van der Waals surface area contributed by atoms with E-state index in [1.165, 1.54) is 34.8 Å². The minimum atomic E-state index is -0.0196. The van der Waals surface area contributed by atoms with Gasteiger partial charge in [-0.05, 0) is 50.0 Å². The largest absolute Gasteiger partial charge is 0.352 e. The molecule has 2 aromatic heterocycles. The van der Waals surface area contributed by atoms with Gasteiger partial charge in [0.2, 0.25) is 0 Å². The van der Waals surface area contributed by atoms with E-state index in [9.17, 15) is 4.79 Å². The first-order valence-corrected chi connectivity index (χ1v) is 10.4. The van der Waals surface area contributed by atoms with Crippen LogP contribution in [-0.2, 0) is 19.3 Å². The number of nitrogens with one attached hydrogen (secondary N) is 1. The van der Waals surface area contributed by atoms with Gasteiger partial charge in [0.1, 0.15) is 0 Å². The molecule has 128 valence electrons. The summed E-state index contributed by atoms with van der Waals surface area (Å²) in [5.74, 6) is 0.935. The molecule has 0 radical (unpaired) electrons. The SMILES string of the molecule is CCSc1cc(C(=O)NCCCc2nc3c(s2)CCCC3)ccn1. The zero-order valence-electron chi connectivity index (χ0n) is 14.0. The molecular formula is C18H23N3OS2. The first kappa shape index (κ1) is 17.4. The smallest absolute Gasteiger partial charge is 0.251 e. The van der Waals surface area contributed by atoms with Gasteiger partial charge in [0.25, 0.3) is 5.91 Å². The highest BCUT2D eigenvalue weighted by Gasteiger charge is 2.14. The van der Waals surface area contributed by atoms with Crippen LogP contribution in [0.2, 0.25) is 0 Å². The van der Waals surface area contributed by atoms with Crippen LogP contribution in [0.15, 0.2) is 23.4 Å². The number of amides is 1. The van der Waals surface area contributed by atoms with Crippen LogP contribution in [0.5, 0.6) is 0 Å². The quantitative estimate of drug-likeness (QED) is 0.600. The van der Waals surface area contributed by atoms with Crippen molar-refractivity contribution in [2.24, 2.45) is 0 Å². The van der Waals surface area contributed by atoms with E-state index in [4.69, 9.17) is 4.98 Å². The molecule has 0 aromatic carbocycles. The fraction of sp³-hybridized carbons (Fsp3) is 0.500. The van der Waals surface area contributed by atoms with E-state index in [2.05, 4.69) is 17.2 Å². The van der Waals surface area contributed by atoms with Crippen LogP contribution in [0.3, 0.4) is 0 Å². The Morgan fingerprint density at radius 3 is 3.08 bits per heavy atom. The van der Waals surface area contributed by atoms with Crippen molar-refractivity contribution < 1.29 is 4.79 Å². The first-order valence-electron chi connectivity index (χ1n) is 8.60. The van der Waals surface area contributed by atoms with Gasteiger partial charge >= 0.3 is 0 Å². The first-order chi connectivity index (χ1) is 11.8. The molecule has 3 rings (SSSR count). The minimum absolute atomic E-state index is 0.0196. The Balaban J connectivity index is 1.45. The molecule has 4 nitrogen and oxygen atoms in total. The van der Waals surface area contributed by atoms with Crippen molar-refractivity contribution in [3.05, 3.63) is 39.5 Å². The van der Waals surface area contributed by atoms with Crippen molar-refractivity contribution in [3.63, 3.8) is 0 Å². The lowest BCUT2D eigenvalue weighted by Crippen LogP contribution is -2.24. The average molecular weight is 362 g/mol. The molecule has 1 aliphatic rings. The van der Waals surface area contributed by atoms with Gasteiger partial charge in [-0.15, -0.1) is 23.1 Å². The van der Waals surface area contributed by atoms with E-state index in [0.717, 1.165) is 30.0 Å². The number of aromatic nitrogens is 2. The fourth-order valence-corrected chi connectivity index (χ4v) is 4.67. The van der Waals surface area contributed by atoms with Crippen molar-refractivity contribution in [2.45, 2.75) is 50.5 Å². The number of thioether (sulfide) groups is 1. The lowest BCUT2D eigenvalue weighted by molar-refractivity contribution is 0.0953. The molecular weight excluding hydrogens is 338 g/mol. The predicted molar refractivity (Wildman–Crippen MR) is 100 cm³/mol. The van der Waals surface area contributed by atoms with E-state index in [-0.39, 0.29) is 5.91 Å². The molecule has 6 heteroatoms. The second-order valence-corrected chi connectivity index (χ2v) is 8.31. The normalized spacial score (nSPS) is 13.5. The van der Waals surface area contributed by atoms with Gasteiger partial charge in [-0.1, -0.05) is 6.92 Å². The molecule has 0 bridgehead atoms. The molecule has 0 unspecified atom stereocenters. The molecule has 0 aliphatic heterocycles. The Kier molecular flexibility index (Phi) is 6.26. The molecule has 0 spiro atoms. The Labute approximate surface area is 151 Å². The number of aryl methyl sites for hydroxylation is 3. The summed E-state index contributed by atoms with van der Waals surface area (Å²) in [6.45, 7) is 2.76. The molecule has 1 amide bonds. The third-order valence-corrected chi connectivity index (χ3v) is 6.06. The van der Waals surface area contributed by atoms with Gasteiger partial charge in [-0.3, -0.25) is 4.79 Å². The van der Waals surface area contributed by atoms with Crippen LogP contribution in [0, 0.1) is 0 Å². The summed E-state index contributed by atoms with van der Waals surface area (Å²) >= 11 is 3.51. The number of hydrogen-bond acceptors (Lipinski definition) is 5. The van der Waals surface area contributed by atoms with Crippen LogP contribution < -0.4 is 5.32 Å². The van der Waals surface area contributed by atoms with Crippen molar-refractivity contribution in [1.29, 1.82) is 0 Å². The summed E-state index contributed by atoms with van der Waals surface area (Å²) in [7, 11) is 0. The van der Waals surface area contributed by atoms with E-state index < -0.39 is 0 Å². The molecule has 1 N–H and O–H groups in total. The van der Waals surface area contributed by atoms with Gasteiger partial charge < -0.3 is 5.32 Å². The summed E-state index contributed by atoms with van der Waals surface area (Å²) in [5, 5.41) is 5.13. The zero-order chi connectivity index (χ0) is 16.8. The molecule has 2 heterocycles. The minimum Gasteiger partial charge on any atom is -0.352 e. The number of nitrogens with zero attached hydrogens (tertiary/aromatic N) is 2. The number of pyridine rings is 1. The Morgan fingerprint density at radius 2 is 2.25 bits per heavy atom. The third kappa shape index (κ3) is 4.57. The summed E-state index contributed by atoms with van der Waals surface area (Å²) in [5.41, 5.74) is 2.01. The van der Waals surface area contributed by atoms with Crippen LogP contribution in [0.1, 0.15) is 52.1 Å². The van der Waals surface area contributed by atoms with Crippen LogP contribution in [-0.4, -0.2) is 28.2 Å². The van der Waals surface area contributed by atoms with Crippen LogP contribution in [0.4, 0.5) is 0 Å². The van der Waals surface area contributed by atoms with E-state index >= 15 is 0 Å². The van der Waals surface area contributed by atoms with Crippen molar-refractivity contribution in [2.75, 3.05) is 12.3 Å². The van der Waals surface area contributed by atoms with Crippen LogP contribution >= 0.6 is 23.1 Å². The monoisotopic (exact) mass is 361 g/mol. The summed E-state index contributed by atoms with van der Waals surface area (Å²) < 4.78 is 0. The highest BCUT2D eigenvalue weighted by Crippen LogP contribution is 2.27. The second-order valence-electron chi connectivity index (χ2n) is 5.86. The maximum Gasteiger partial charge on any atom is 0.251 e. The van der Waals surface area contributed by atoms with Gasteiger partial charge in [0.15, 0.2) is 0 Å². The Morgan fingerprint density at radius 1 is 1.38 bits per heavy atom.